The van der Waals surface area contributed by atoms with Crippen LogP contribution in [0.2, 0.25) is 0 Å². The molecular formula is C20H16FN5O3. The van der Waals surface area contributed by atoms with Gasteiger partial charge in [0.1, 0.15) is 17.0 Å². The van der Waals surface area contributed by atoms with E-state index >= 15 is 0 Å². The van der Waals surface area contributed by atoms with Gasteiger partial charge >= 0.3 is 0 Å². The number of amides is 1. The van der Waals surface area contributed by atoms with Crippen LogP contribution in [-0.2, 0) is 4.79 Å². The van der Waals surface area contributed by atoms with Crippen molar-refractivity contribution in [2.24, 2.45) is 0 Å². The summed E-state index contributed by atoms with van der Waals surface area (Å²) >= 11 is 0. The summed E-state index contributed by atoms with van der Waals surface area (Å²) in [6.45, 7) is 1.56. The minimum atomic E-state index is -0.875. The molecule has 0 aliphatic rings. The summed E-state index contributed by atoms with van der Waals surface area (Å²) in [4.78, 5) is 31.2. The van der Waals surface area contributed by atoms with Crippen molar-refractivity contribution in [1.29, 1.82) is 0 Å². The summed E-state index contributed by atoms with van der Waals surface area (Å²) in [5, 5.41) is 7.34. The van der Waals surface area contributed by atoms with Gasteiger partial charge in [0.15, 0.2) is 11.8 Å². The Morgan fingerprint density at radius 1 is 1.24 bits per heavy atom. The number of nitrogens with zero attached hydrogens (tertiary/aromatic N) is 3. The van der Waals surface area contributed by atoms with E-state index in [2.05, 4.69) is 20.4 Å². The highest BCUT2D eigenvalue weighted by Gasteiger charge is 2.18. The molecule has 146 valence electrons. The van der Waals surface area contributed by atoms with Crippen LogP contribution in [0.3, 0.4) is 0 Å². The number of ether oxygens (including phenoxy) is 1. The predicted octanol–water partition coefficient (Wildman–Crippen LogP) is 2.65. The number of aromatic nitrogens is 4. The van der Waals surface area contributed by atoms with Crippen LogP contribution >= 0.6 is 0 Å². The Bertz CT molecular complexity index is 1250. The van der Waals surface area contributed by atoms with Gasteiger partial charge in [-0.2, -0.15) is 5.10 Å². The lowest BCUT2D eigenvalue weighted by Gasteiger charge is -2.16. The average Bonchev–Trinajstić information content (AvgIpc) is 3.14. The molecule has 29 heavy (non-hydrogen) atoms. The molecule has 8 nitrogen and oxygen atoms in total. The molecule has 0 saturated heterocycles. The van der Waals surface area contributed by atoms with Crippen LogP contribution in [0.5, 0.6) is 5.75 Å². The summed E-state index contributed by atoms with van der Waals surface area (Å²) in [7, 11) is 0. The number of H-pyrrole nitrogens is 1. The zero-order chi connectivity index (χ0) is 20.4. The summed E-state index contributed by atoms with van der Waals surface area (Å²) in [6, 6.07) is 12.5. The molecule has 2 N–H and O–H groups in total. The number of halogens is 1. The van der Waals surface area contributed by atoms with Crippen LogP contribution in [0.4, 0.5) is 10.1 Å². The second kappa shape index (κ2) is 7.55. The Morgan fingerprint density at radius 2 is 2.07 bits per heavy atom. The second-order valence-corrected chi connectivity index (χ2v) is 6.25. The highest BCUT2D eigenvalue weighted by molar-refractivity contribution is 5.96. The van der Waals surface area contributed by atoms with Gasteiger partial charge in [0.2, 0.25) is 0 Å². The Kier molecular flexibility index (Phi) is 4.78. The zero-order valence-corrected chi connectivity index (χ0v) is 15.3. The Hall–Kier alpha value is -4.01. The van der Waals surface area contributed by atoms with Crippen molar-refractivity contribution < 1.29 is 13.9 Å². The van der Waals surface area contributed by atoms with E-state index in [1.807, 2.05) is 0 Å². The molecule has 9 heteroatoms. The predicted molar refractivity (Wildman–Crippen MR) is 105 cm³/mol. The van der Waals surface area contributed by atoms with E-state index in [0.717, 1.165) is 0 Å². The molecule has 1 unspecified atom stereocenters. The second-order valence-electron chi connectivity index (χ2n) is 6.25. The van der Waals surface area contributed by atoms with E-state index in [9.17, 15) is 14.0 Å². The van der Waals surface area contributed by atoms with Gasteiger partial charge in [-0.1, -0.05) is 18.2 Å². The first-order chi connectivity index (χ1) is 14.0. The van der Waals surface area contributed by atoms with E-state index in [-0.39, 0.29) is 11.3 Å². The molecule has 0 saturated carbocycles. The van der Waals surface area contributed by atoms with E-state index in [1.165, 1.54) is 35.4 Å². The number of anilines is 1. The first-order valence-corrected chi connectivity index (χ1v) is 8.77. The van der Waals surface area contributed by atoms with Gasteiger partial charge in [-0.25, -0.2) is 14.1 Å². The molecule has 0 aliphatic heterocycles. The number of nitrogens with one attached hydrogen (secondary N) is 2. The van der Waals surface area contributed by atoms with Crippen molar-refractivity contribution in [3.8, 4) is 11.4 Å². The number of fused-ring (bicyclic) bond motifs is 1. The molecule has 0 aliphatic carbocycles. The topological polar surface area (TPSA) is 102 Å². The van der Waals surface area contributed by atoms with Crippen LogP contribution in [0, 0.1) is 5.82 Å². The third kappa shape index (κ3) is 3.70. The third-order valence-electron chi connectivity index (χ3n) is 4.24. The summed E-state index contributed by atoms with van der Waals surface area (Å²) in [5.74, 6) is -0.625. The standard InChI is InChI=1S/C20H16FN5O3/c1-12(29-14-6-4-5-13(21)9-14)19(27)25-16-7-2-3-8-17(16)26-18-15(10-24-26)20(28)23-11-22-18/h2-12H,1H3,(H,25,27)(H,22,23,28). The number of rotatable bonds is 5. The third-order valence-corrected chi connectivity index (χ3v) is 4.24. The molecule has 2 heterocycles. The van der Waals surface area contributed by atoms with Crippen molar-refractivity contribution in [2.75, 3.05) is 5.32 Å². The van der Waals surface area contributed by atoms with Crippen LogP contribution < -0.4 is 15.6 Å². The maximum absolute atomic E-state index is 13.3. The van der Waals surface area contributed by atoms with E-state index in [4.69, 9.17) is 4.74 Å². The van der Waals surface area contributed by atoms with Crippen LogP contribution in [0.15, 0.2) is 65.8 Å². The number of hydrogen-bond donors (Lipinski definition) is 2. The summed E-state index contributed by atoms with van der Waals surface area (Å²) in [5.41, 5.74) is 1.05. The van der Waals surface area contributed by atoms with Crippen molar-refractivity contribution in [1.82, 2.24) is 19.7 Å². The number of carbonyl (C=O) groups excluding carboxylic acids is 1. The summed E-state index contributed by atoms with van der Waals surface area (Å²) < 4.78 is 20.3. The first-order valence-electron chi connectivity index (χ1n) is 8.77. The summed E-state index contributed by atoms with van der Waals surface area (Å²) in [6.07, 6.45) is 1.83. The molecule has 4 aromatic rings. The van der Waals surface area contributed by atoms with Gasteiger partial charge in [-0.15, -0.1) is 0 Å². The number of aromatic amines is 1. The lowest BCUT2D eigenvalue weighted by atomic mass is 10.2. The number of benzene rings is 2. The van der Waals surface area contributed by atoms with Crippen molar-refractivity contribution >= 4 is 22.6 Å². The SMILES string of the molecule is CC(Oc1cccc(F)c1)C(=O)Nc1ccccc1-n1ncc2c(=O)[nH]cnc21. The van der Waals surface area contributed by atoms with E-state index < -0.39 is 17.8 Å². The Labute approximate surface area is 164 Å². The highest BCUT2D eigenvalue weighted by atomic mass is 19.1. The highest BCUT2D eigenvalue weighted by Crippen LogP contribution is 2.23. The van der Waals surface area contributed by atoms with Crippen molar-refractivity contribution in [2.45, 2.75) is 13.0 Å². The van der Waals surface area contributed by atoms with Crippen LogP contribution in [0.1, 0.15) is 6.92 Å². The Morgan fingerprint density at radius 3 is 2.90 bits per heavy atom. The molecule has 0 radical (unpaired) electrons. The lowest BCUT2D eigenvalue weighted by molar-refractivity contribution is -0.122. The first kappa shape index (κ1) is 18.4. The fourth-order valence-electron chi connectivity index (χ4n) is 2.83. The molecule has 0 bridgehead atoms. The average molecular weight is 393 g/mol. The minimum absolute atomic E-state index is 0.252. The number of hydrogen-bond acceptors (Lipinski definition) is 5. The minimum Gasteiger partial charge on any atom is -0.481 e. The molecule has 0 spiro atoms. The van der Waals surface area contributed by atoms with Crippen LogP contribution in [-0.4, -0.2) is 31.8 Å². The fraction of sp³-hybridized carbons (Fsp3) is 0.100. The molecule has 1 amide bonds. The molecule has 4 rings (SSSR count). The van der Waals surface area contributed by atoms with Crippen LogP contribution in [0.25, 0.3) is 16.7 Å². The smallest absolute Gasteiger partial charge is 0.265 e. The maximum Gasteiger partial charge on any atom is 0.265 e. The molecule has 2 aromatic heterocycles. The molecule has 0 fully saturated rings. The van der Waals surface area contributed by atoms with Gasteiger partial charge in [0.25, 0.3) is 11.5 Å². The van der Waals surface area contributed by atoms with Gasteiger partial charge in [0.05, 0.1) is 23.9 Å². The lowest BCUT2D eigenvalue weighted by Crippen LogP contribution is -2.30. The number of carbonyl (C=O) groups is 1. The molecule has 2 aromatic carbocycles. The quantitative estimate of drug-likeness (QED) is 0.543. The zero-order valence-electron chi connectivity index (χ0n) is 15.3. The van der Waals surface area contributed by atoms with Crippen molar-refractivity contribution in [3.05, 3.63) is 77.2 Å². The largest absolute Gasteiger partial charge is 0.481 e. The van der Waals surface area contributed by atoms with Gasteiger partial charge < -0.3 is 15.0 Å². The maximum atomic E-state index is 13.3. The van der Waals surface area contributed by atoms with E-state index in [0.29, 0.717) is 22.4 Å². The van der Waals surface area contributed by atoms with E-state index in [1.54, 1.807) is 37.3 Å². The van der Waals surface area contributed by atoms with Gasteiger partial charge in [-0.3, -0.25) is 9.59 Å². The fourth-order valence-corrected chi connectivity index (χ4v) is 2.83. The number of para-hydroxylation sites is 2. The Balaban J connectivity index is 1.61. The van der Waals surface area contributed by atoms with Gasteiger partial charge in [-0.05, 0) is 31.2 Å². The molecular weight excluding hydrogens is 377 g/mol. The monoisotopic (exact) mass is 393 g/mol. The van der Waals surface area contributed by atoms with Gasteiger partial charge in [0, 0.05) is 6.07 Å². The molecule has 1 atom stereocenters. The van der Waals surface area contributed by atoms with Crippen molar-refractivity contribution in [3.63, 3.8) is 0 Å². The normalized spacial score (nSPS) is 11.9.